The van der Waals surface area contributed by atoms with Gasteiger partial charge in [0, 0.05) is 36.5 Å². The van der Waals surface area contributed by atoms with Gasteiger partial charge in [0.05, 0.1) is 18.9 Å². The molecule has 7 nitrogen and oxygen atoms in total. The Kier molecular flexibility index (Phi) is 4.26. The lowest BCUT2D eigenvalue weighted by atomic mass is 10.0. The molecule has 1 aromatic carbocycles. The molecule has 0 bridgehead atoms. The van der Waals surface area contributed by atoms with Crippen molar-refractivity contribution < 1.29 is 9.47 Å². The summed E-state index contributed by atoms with van der Waals surface area (Å²) in [5.41, 5.74) is -0.280. The summed E-state index contributed by atoms with van der Waals surface area (Å²) in [7, 11) is 0. The summed E-state index contributed by atoms with van der Waals surface area (Å²) in [6.45, 7) is 2.57. The van der Waals surface area contributed by atoms with Crippen LogP contribution in [-0.2, 0) is 9.47 Å². The molecular weight excluding hydrogens is 390 g/mol. The SMILES string of the molecule is O=c1cc(N2CCC3(CC2)OCCO3)[nH]c(=O)n1-c1cccc(Br)c1. The third kappa shape index (κ3) is 3.17. The summed E-state index contributed by atoms with van der Waals surface area (Å²) < 4.78 is 13.4. The number of aromatic nitrogens is 2. The molecule has 1 spiro atoms. The van der Waals surface area contributed by atoms with Crippen molar-refractivity contribution in [2.24, 2.45) is 0 Å². The second kappa shape index (κ2) is 6.44. The number of anilines is 1. The van der Waals surface area contributed by atoms with Gasteiger partial charge in [0.2, 0.25) is 0 Å². The zero-order valence-corrected chi connectivity index (χ0v) is 15.1. The summed E-state index contributed by atoms with van der Waals surface area (Å²) in [4.78, 5) is 29.8. The van der Waals surface area contributed by atoms with Gasteiger partial charge >= 0.3 is 5.69 Å². The van der Waals surface area contributed by atoms with Crippen LogP contribution in [0.1, 0.15) is 12.8 Å². The van der Waals surface area contributed by atoms with E-state index in [1.807, 2.05) is 11.0 Å². The van der Waals surface area contributed by atoms with E-state index in [2.05, 4.69) is 20.9 Å². The minimum Gasteiger partial charge on any atom is -0.357 e. The molecular formula is C17H18BrN3O4. The molecule has 2 aliphatic rings. The standard InChI is InChI=1S/C17H18BrN3O4/c18-12-2-1-3-13(10-12)21-15(22)11-14(19-16(21)23)20-6-4-17(5-7-20)24-8-9-25-17/h1-3,10-11H,4-9H2,(H,19,23). The number of hydrogen-bond acceptors (Lipinski definition) is 5. The minimum atomic E-state index is -0.484. The second-order valence-electron chi connectivity index (χ2n) is 6.21. The van der Waals surface area contributed by atoms with Crippen LogP contribution in [-0.4, -0.2) is 41.6 Å². The van der Waals surface area contributed by atoms with Gasteiger partial charge in [0.1, 0.15) is 5.82 Å². The van der Waals surface area contributed by atoms with Crippen LogP contribution >= 0.6 is 15.9 Å². The monoisotopic (exact) mass is 407 g/mol. The number of piperidine rings is 1. The fourth-order valence-corrected chi connectivity index (χ4v) is 3.77. The van der Waals surface area contributed by atoms with Gasteiger partial charge in [0.25, 0.3) is 5.56 Å². The van der Waals surface area contributed by atoms with Gasteiger partial charge in [-0.15, -0.1) is 0 Å². The zero-order valence-electron chi connectivity index (χ0n) is 13.5. The molecule has 2 fully saturated rings. The van der Waals surface area contributed by atoms with E-state index in [9.17, 15) is 9.59 Å². The third-order valence-electron chi connectivity index (χ3n) is 4.66. The maximum absolute atomic E-state index is 12.5. The van der Waals surface area contributed by atoms with Crippen LogP contribution in [0.15, 0.2) is 44.4 Å². The lowest BCUT2D eigenvalue weighted by molar-refractivity contribution is -0.169. The van der Waals surface area contributed by atoms with Crippen molar-refractivity contribution in [3.05, 3.63) is 55.6 Å². The van der Waals surface area contributed by atoms with Gasteiger partial charge in [-0.1, -0.05) is 22.0 Å². The molecule has 2 saturated heterocycles. The van der Waals surface area contributed by atoms with Gasteiger partial charge in [-0.05, 0) is 18.2 Å². The number of H-pyrrole nitrogens is 1. The highest BCUT2D eigenvalue weighted by Crippen LogP contribution is 2.32. The van der Waals surface area contributed by atoms with Gasteiger partial charge in [-0.25, -0.2) is 9.36 Å². The van der Waals surface area contributed by atoms with Crippen molar-refractivity contribution in [2.75, 3.05) is 31.2 Å². The van der Waals surface area contributed by atoms with Crippen LogP contribution in [0.25, 0.3) is 5.69 Å². The Morgan fingerprint density at radius 3 is 2.44 bits per heavy atom. The molecule has 0 atom stereocenters. The molecule has 132 valence electrons. The summed E-state index contributed by atoms with van der Waals surface area (Å²) in [6, 6.07) is 8.55. The topological polar surface area (TPSA) is 76.6 Å². The average molecular weight is 408 g/mol. The Bertz CT molecular complexity index is 860. The van der Waals surface area contributed by atoms with Gasteiger partial charge in [0.15, 0.2) is 5.79 Å². The highest BCUT2D eigenvalue weighted by Gasteiger charge is 2.40. The first kappa shape index (κ1) is 16.6. The van der Waals surface area contributed by atoms with Crippen molar-refractivity contribution in [1.82, 2.24) is 9.55 Å². The average Bonchev–Trinajstić information content (AvgIpc) is 3.03. The first-order chi connectivity index (χ1) is 12.1. The van der Waals surface area contributed by atoms with Crippen LogP contribution in [0.2, 0.25) is 0 Å². The number of nitrogens with one attached hydrogen (secondary N) is 1. The van der Waals surface area contributed by atoms with Crippen molar-refractivity contribution in [3.63, 3.8) is 0 Å². The van der Waals surface area contributed by atoms with Crippen LogP contribution in [0.4, 0.5) is 5.82 Å². The van der Waals surface area contributed by atoms with E-state index in [0.717, 1.165) is 9.04 Å². The third-order valence-corrected chi connectivity index (χ3v) is 5.16. The van der Waals surface area contributed by atoms with Crippen LogP contribution in [0, 0.1) is 0 Å². The number of benzene rings is 1. The number of nitrogens with zero attached hydrogens (tertiary/aromatic N) is 2. The number of ether oxygens (including phenoxy) is 2. The molecule has 0 amide bonds. The van der Waals surface area contributed by atoms with Gasteiger partial charge < -0.3 is 14.4 Å². The molecule has 0 radical (unpaired) electrons. The maximum Gasteiger partial charge on any atom is 0.334 e. The van der Waals surface area contributed by atoms with E-state index in [1.54, 1.807) is 18.2 Å². The highest BCUT2D eigenvalue weighted by molar-refractivity contribution is 9.10. The van der Waals surface area contributed by atoms with Crippen molar-refractivity contribution in [2.45, 2.75) is 18.6 Å². The van der Waals surface area contributed by atoms with E-state index in [0.29, 0.717) is 50.7 Å². The summed E-state index contributed by atoms with van der Waals surface area (Å²) >= 11 is 3.36. The van der Waals surface area contributed by atoms with Crippen molar-refractivity contribution in [3.8, 4) is 5.69 Å². The largest absolute Gasteiger partial charge is 0.357 e. The van der Waals surface area contributed by atoms with Crippen LogP contribution < -0.4 is 16.1 Å². The van der Waals surface area contributed by atoms with Crippen molar-refractivity contribution in [1.29, 1.82) is 0 Å². The fraction of sp³-hybridized carbons (Fsp3) is 0.412. The first-order valence-corrected chi connectivity index (χ1v) is 9.01. The summed E-state index contributed by atoms with van der Waals surface area (Å²) in [5, 5.41) is 0. The van der Waals surface area contributed by atoms with Crippen molar-refractivity contribution >= 4 is 21.7 Å². The van der Waals surface area contributed by atoms with Gasteiger partial charge in [-0.2, -0.15) is 0 Å². The van der Waals surface area contributed by atoms with E-state index in [-0.39, 0.29) is 5.56 Å². The molecule has 0 saturated carbocycles. The van der Waals surface area contributed by atoms with Crippen LogP contribution in [0.5, 0.6) is 0 Å². The minimum absolute atomic E-state index is 0.356. The molecule has 2 aliphatic heterocycles. The zero-order chi connectivity index (χ0) is 17.4. The maximum atomic E-state index is 12.5. The quantitative estimate of drug-likeness (QED) is 0.818. The molecule has 8 heteroatoms. The molecule has 1 N–H and O–H groups in total. The van der Waals surface area contributed by atoms with E-state index in [1.165, 1.54) is 6.07 Å². The predicted octanol–water partition coefficient (Wildman–Crippen LogP) is 1.63. The summed E-state index contributed by atoms with van der Waals surface area (Å²) in [6.07, 6.45) is 1.42. The predicted molar refractivity (Wildman–Crippen MR) is 96.4 cm³/mol. The molecule has 2 aromatic rings. The van der Waals surface area contributed by atoms with E-state index < -0.39 is 11.5 Å². The Balaban J connectivity index is 1.61. The van der Waals surface area contributed by atoms with E-state index >= 15 is 0 Å². The van der Waals surface area contributed by atoms with Crippen LogP contribution in [0.3, 0.4) is 0 Å². The fourth-order valence-electron chi connectivity index (χ4n) is 3.39. The first-order valence-electron chi connectivity index (χ1n) is 8.22. The lowest BCUT2D eigenvalue weighted by Crippen LogP contribution is -2.46. The highest BCUT2D eigenvalue weighted by atomic mass is 79.9. The molecule has 4 rings (SSSR count). The van der Waals surface area contributed by atoms with Gasteiger partial charge in [-0.3, -0.25) is 9.78 Å². The Hall–Kier alpha value is -1.90. The second-order valence-corrected chi connectivity index (χ2v) is 7.12. The Morgan fingerprint density at radius 2 is 1.80 bits per heavy atom. The number of aromatic amines is 1. The van der Waals surface area contributed by atoms with E-state index in [4.69, 9.17) is 9.47 Å². The Labute approximate surface area is 152 Å². The Morgan fingerprint density at radius 1 is 1.08 bits per heavy atom. The summed E-state index contributed by atoms with van der Waals surface area (Å²) in [5.74, 6) is 0.0522. The molecule has 1 aromatic heterocycles. The number of halogens is 1. The number of rotatable bonds is 2. The number of hydrogen-bond donors (Lipinski definition) is 1. The smallest absolute Gasteiger partial charge is 0.334 e. The molecule has 0 aliphatic carbocycles. The lowest BCUT2D eigenvalue weighted by Gasteiger charge is -2.38. The molecule has 3 heterocycles. The molecule has 25 heavy (non-hydrogen) atoms. The molecule has 0 unspecified atom stereocenters. The normalized spacial score (nSPS) is 19.5.